The number of phenols is 1. The van der Waals surface area contributed by atoms with Crippen molar-refractivity contribution < 1.29 is 23.7 Å². The summed E-state index contributed by atoms with van der Waals surface area (Å²) in [6.45, 7) is 2.79. The van der Waals surface area contributed by atoms with Gasteiger partial charge in [0.1, 0.15) is 28.6 Å². The predicted octanol–water partition coefficient (Wildman–Crippen LogP) is 5.66. The number of aromatic nitrogens is 3. The van der Waals surface area contributed by atoms with Crippen molar-refractivity contribution in [1.29, 1.82) is 0 Å². The molecule has 2 aliphatic carbocycles. The highest BCUT2D eigenvalue weighted by atomic mass is 19.1. The summed E-state index contributed by atoms with van der Waals surface area (Å²) in [5.41, 5.74) is 0.0502. The number of benzene rings is 2. The van der Waals surface area contributed by atoms with Crippen LogP contribution in [0, 0.1) is 41.2 Å². The second kappa shape index (κ2) is 11.0. The van der Waals surface area contributed by atoms with E-state index in [1.807, 2.05) is 0 Å². The predicted molar refractivity (Wildman–Crippen MR) is 172 cm³/mol. The molecule has 46 heavy (non-hydrogen) atoms. The van der Waals surface area contributed by atoms with E-state index in [0.717, 1.165) is 51.5 Å². The Balaban J connectivity index is 1.27. The van der Waals surface area contributed by atoms with Crippen molar-refractivity contribution in [3.63, 3.8) is 0 Å². The van der Waals surface area contributed by atoms with Gasteiger partial charge in [0.2, 0.25) is 0 Å². The van der Waals surface area contributed by atoms with Gasteiger partial charge in [-0.25, -0.2) is 8.78 Å². The third-order valence-electron chi connectivity index (χ3n) is 11.1. The number of pyridine rings is 1. The van der Waals surface area contributed by atoms with E-state index in [2.05, 4.69) is 32.7 Å². The lowest BCUT2D eigenvalue weighted by Gasteiger charge is -2.44. The number of anilines is 1. The molecule has 0 amide bonds. The molecule has 4 fully saturated rings. The van der Waals surface area contributed by atoms with E-state index in [4.69, 9.17) is 16.1 Å². The molecule has 2 bridgehead atoms. The van der Waals surface area contributed by atoms with Gasteiger partial charge in [-0.15, -0.1) is 6.42 Å². The average Bonchev–Trinajstić information content (AvgIpc) is 3.60. The van der Waals surface area contributed by atoms with Gasteiger partial charge in [0.05, 0.1) is 23.7 Å². The molecule has 4 aliphatic rings. The molecule has 4 aromatic rings. The molecule has 2 aromatic heterocycles. The molecule has 8 rings (SSSR count). The number of aliphatic hydroxyl groups is 1. The minimum absolute atomic E-state index is 0.00203. The molecule has 5 atom stereocenters. The number of likely N-dealkylation sites (tertiary alicyclic amines) is 1. The Hall–Kier alpha value is -4.07. The van der Waals surface area contributed by atoms with Gasteiger partial charge in [-0.1, -0.05) is 18.4 Å². The molecule has 2 saturated heterocycles. The van der Waals surface area contributed by atoms with E-state index in [1.165, 1.54) is 30.5 Å². The van der Waals surface area contributed by atoms with Crippen LogP contribution in [0.4, 0.5) is 14.6 Å². The van der Waals surface area contributed by atoms with Crippen LogP contribution in [0.25, 0.3) is 32.9 Å². The number of fused-ring (bicyclic) bond motifs is 5. The first-order valence-corrected chi connectivity index (χ1v) is 16.3. The Morgan fingerprint density at radius 3 is 2.80 bits per heavy atom. The van der Waals surface area contributed by atoms with Gasteiger partial charge in [-0.2, -0.15) is 9.97 Å². The van der Waals surface area contributed by atoms with Crippen LogP contribution in [0.2, 0.25) is 0 Å². The Bertz CT molecular complexity index is 1910. The molecule has 10 heteroatoms. The van der Waals surface area contributed by atoms with Crippen molar-refractivity contribution >= 4 is 27.5 Å². The highest BCUT2D eigenvalue weighted by Gasteiger charge is 2.47. The van der Waals surface area contributed by atoms with E-state index in [9.17, 15) is 14.6 Å². The molecule has 0 radical (unpaired) electrons. The van der Waals surface area contributed by atoms with Gasteiger partial charge >= 0.3 is 6.01 Å². The van der Waals surface area contributed by atoms with Crippen LogP contribution < -0.4 is 9.64 Å². The molecular formula is C36H37F2N5O3. The highest BCUT2D eigenvalue weighted by Crippen LogP contribution is 2.48. The lowest BCUT2D eigenvalue weighted by molar-refractivity contribution is 0.0133. The lowest BCUT2D eigenvalue weighted by Crippen LogP contribution is -2.50. The minimum Gasteiger partial charge on any atom is -0.508 e. The van der Waals surface area contributed by atoms with Crippen LogP contribution in [0.15, 0.2) is 30.5 Å². The monoisotopic (exact) mass is 625 g/mol. The number of rotatable bonds is 5. The molecule has 8 nitrogen and oxygen atoms in total. The van der Waals surface area contributed by atoms with Gasteiger partial charge in [-0.05, 0) is 81.6 Å². The molecule has 2 N–H and O–H groups in total. The fourth-order valence-corrected chi connectivity index (χ4v) is 9.06. The van der Waals surface area contributed by atoms with Gasteiger partial charge in [-0.3, -0.25) is 4.98 Å². The smallest absolute Gasteiger partial charge is 0.319 e. The zero-order chi connectivity index (χ0) is 31.7. The van der Waals surface area contributed by atoms with Crippen LogP contribution in [0.3, 0.4) is 0 Å². The first-order valence-electron chi connectivity index (χ1n) is 16.3. The molecular weight excluding hydrogens is 588 g/mol. The fourth-order valence-electron chi connectivity index (χ4n) is 9.06. The topological polar surface area (TPSA) is 94.8 Å². The molecule has 2 aromatic carbocycles. The maximum Gasteiger partial charge on any atom is 0.319 e. The first kappa shape index (κ1) is 29.3. The largest absolute Gasteiger partial charge is 0.508 e. The number of nitrogens with zero attached hydrogens (tertiary/aromatic N) is 5. The van der Waals surface area contributed by atoms with Crippen LogP contribution in [-0.2, 0) is 0 Å². The van der Waals surface area contributed by atoms with Crippen molar-refractivity contribution in [3.8, 4) is 35.4 Å². The Labute approximate surface area is 266 Å². The summed E-state index contributed by atoms with van der Waals surface area (Å²) in [5, 5.41) is 22.4. The van der Waals surface area contributed by atoms with Crippen molar-refractivity contribution in [3.05, 3.63) is 47.7 Å². The summed E-state index contributed by atoms with van der Waals surface area (Å²) in [5.74, 6) is 1.85. The standard InChI is InChI=1S/C36H37F2N5O3/c1-3-24-27(37)8-7-21-14-23(44)15-25(30(21)24)32-31(38)33-26(16-39-32)34(43-17-20-12-22(18-43)28(45)13-20)41-35(40-33)46-19-36-9-4-6-29(36)42(2)11-5-10-36/h1,7-8,14-16,20,22,28-29,44-45H,4-6,9-13,17-19H2,2H3/t20?,22?,28?,29-,36-/m1/s1. The van der Waals surface area contributed by atoms with E-state index >= 15 is 4.39 Å². The van der Waals surface area contributed by atoms with Gasteiger partial charge in [0.15, 0.2) is 5.82 Å². The number of hydrogen-bond donors (Lipinski definition) is 2. The maximum atomic E-state index is 16.9. The number of phenolic OH excluding ortho intramolecular Hbond substituents is 1. The van der Waals surface area contributed by atoms with Gasteiger partial charge in [0.25, 0.3) is 0 Å². The summed E-state index contributed by atoms with van der Waals surface area (Å²) >= 11 is 0. The second-order valence-electron chi connectivity index (χ2n) is 13.9. The summed E-state index contributed by atoms with van der Waals surface area (Å²) in [7, 11) is 2.18. The number of piperidine rings is 2. The SMILES string of the molecule is C#Cc1c(F)ccc2cc(O)cc(-c3ncc4c(N5CC6CC(O)C(C6)C5)nc(OC[C@]56CCC[C@H]5N(C)CCC6)nc4c3F)c12. The zero-order valence-electron chi connectivity index (χ0n) is 25.8. The van der Waals surface area contributed by atoms with E-state index in [0.29, 0.717) is 48.2 Å². The third kappa shape index (κ3) is 4.66. The summed E-state index contributed by atoms with van der Waals surface area (Å²) < 4.78 is 38.2. The minimum atomic E-state index is -0.737. The van der Waals surface area contributed by atoms with Crippen molar-refractivity contribution in [1.82, 2.24) is 19.9 Å². The molecule has 3 unspecified atom stereocenters. The zero-order valence-corrected chi connectivity index (χ0v) is 25.8. The molecule has 4 heterocycles. The quantitative estimate of drug-likeness (QED) is 0.275. The molecule has 2 aliphatic heterocycles. The number of terminal acetylenes is 1. The number of aromatic hydroxyl groups is 1. The van der Waals surface area contributed by atoms with E-state index in [1.54, 1.807) is 0 Å². The number of hydrogen-bond acceptors (Lipinski definition) is 8. The van der Waals surface area contributed by atoms with Crippen molar-refractivity contribution in [2.75, 3.05) is 38.2 Å². The van der Waals surface area contributed by atoms with Crippen LogP contribution in [0.5, 0.6) is 11.8 Å². The molecule has 0 spiro atoms. The highest BCUT2D eigenvalue weighted by molar-refractivity contribution is 6.03. The number of ether oxygens (including phenoxy) is 1. The Morgan fingerprint density at radius 2 is 1.98 bits per heavy atom. The maximum absolute atomic E-state index is 16.9. The van der Waals surface area contributed by atoms with Crippen molar-refractivity contribution in [2.45, 2.75) is 57.1 Å². The second-order valence-corrected chi connectivity index (χ2v) is 13.9. The van der Waals surface area contributed by atoms with Gasteiger partial charge in [0, 0.05) is 47.6 Å². The van der Waals surface area contributed by atoms with Gasteiger partial charge < -0.3 is 24.7 Å². The Kier molecular flexibility index (Phi) is 7.03. The fraction of sp³-hybridized carbons (Fsp3) is 0.472. The first-order chi connectivity index (χ1) is 22.2. The van der Waals surface area contributed by atoms with Crippen LogP contribution in [-0.4, -0.2) is 75.5 Å². The average molecular weight is 626 g/mol. The summed E-state index contributed by atoms with van der Waals surface area (Å²) in [6, 6.07) is 6.07. The third-order valence-corrected chi connectivity index (χ3v) is 11.1. The van der Waals surface area contributed by atoms with Crippen LogP contribution >= 0.6 is 0 Å². The van der Waals surface area contributed by atoms with Crippen molar-refractivity contribution in [2.24, 2.45) is 17.3 Å². The van der Waals surface area contributed by atoms with E-state index < -0.39 is 11.6 Å². The Morgan fingerprint density at radius 1 is 1.13 bits per heavy atom. The summed E-state index contributed by atoms with van der Waals surface area (Å²) in [4.78, 5) is 18.6. The molecule has 238 valence electrons. The lowest BCUT2D eigenvalue weighted by atomic mass is 9.76. The summed E-state index contributed by atoms with van der Waals surface area (Å²) in [6.07, 6.45) is 14.1. The number of halogens is 2. The molecule has 2 saturated carbocycles. The van der Waals surface area contributed by atoms with Crippen LogP contribution in [0.1, 0.15) is 50.5 Å². The normalized spacial score (nSPS) is 27.7. The number of aliphatic hydroxyl groups excluding tert-OH is 1. The van der Waals surface area contributed by atoms with E-state index in [-0.39, 0.29) is 56.9 Å².